The minimum atomic E-state index is -0.185. The molecule has 3 nitrogen and oxygen atoms in total. The quantitative estimate of drug-likeness (QED) is 0.433. The molecule has 0 atom stereocenters. The number of benzene rings is 2. The summed E-state index contributed by atoms with van der Waals surface area (Å²) in [4.78, 5) is 18.2. The molecule has 0 aliphatic carbocycles. The molecule has 1 heterocycles. The molecule has 0 saturated carbocycles. The number of hydrogen-bond acceptors (Lipinski definition) is 3. The Hall–Kier alpha value is -1.40. The second-order valence-electron chi connectivity index (χ2n) is 5.63. The second-order valence-corrected chi connectivity index (χ2v) is 8.44. The van der Waals surface area contributed by atoms with Gasteiger partial charge < -0.3 is 0 Å². The lowest BCUT2D eigenvalue weighted by atomic mass is 10.1. The first-order chi connectivity index (χ1) is 12.5. The zero-order valence-electron chi connectivity index (χ0n) is 13.9. The van der Waals surface area contributed by atoms with E-state index in [4.69, 9.17) is 23.2 Å². The van der Waals surface area contributed by atoms with Crippen LogP contribution in [-0.4, -0.2) is 10.9 Å². The maximum Gasteiger partial charge on any atom is 0.257 e. The lowest BCUT2D eigenvalue weighted by Crippen LogP contribution is -2.11. The number of hydrogen-bond donors (Lipinski definition) is 1. The van der Waals surface area contributed by atoms with Gasteiger partial charge in [-0.1, -0.05) is 58.5 Å². The van der Waals surface area contributed by atoms with Gasteiger partial charge in [0.15, 0.2) is 5.13 Å². The molecule has 7 heteroatoms. The number of nitrogens with one attached hydrogen (secondary N) is 1. The number of halogens is 3. The van der Waals surface area contributed by atoms with Crippen LogP contribution >= 0.6 is 50.5 Å². The summed E-state index contributed by atoms with van der Waals surface area (Å²) >= 11 is 17.0. The first-order valence-corrected chi connectivity index (χ1v) is 10.4. The molecule has 0 aliphatic heterocycles. The first kappa shape index (κ1) is 19.4. The minimum absolute atomic E-state index is 0.185. The summed E-state index contributed by atoms with van der Waals surface area (Å²) in [5.74, 6) is -0.185. The molecule has 1 aromatic heterocycles. The molecule has 0 unspecified atom stereocenters. The largest absolute Gasteiger partial charge is 0.298 e. The molecule has 134 valence electrons. The van der Waals surface area contributed by atoms with Crippen LogP contribution < -0.4 is 5.32 Å². The summed E-state index contributed by atoms with van der Waals surface area (Å²) in [6, 6.07) is 12.6. The van der Waals surface area contributed by atoms with Crippen LogP contribution in [0.5, 0.6) is 0 Å². The predicted molar refractivity (Wildman–Crippen MR) is 114 cm³/mol. The van der Waals surface area contributed by atoms with Crippen LogP contribution in [0.2, 0.25) is 10.0 Å². The summed E-state index contributed by atoms with van der Waals surface area (Å²) < 4.78 is 0.926. The van der Waals surface area contributed by atoms with Crippen molar-refractivity contribution in [2.24, 2.45) is 0 Å². The topological polar surface area (TPSA) is 42.0 Å². The maximum absolute atomic E-state index is 12.4. The van der Waals surface area contributed by atoms with E-state index in [1.165, 1.54) is 11.3 Å². The number of nitrogens with zero attached hydrogens (tertiary/aromatic N) is 1. The Morgan fingerprint density at radius 1 is 1.15 bits per heavy atom. The lowest BCUT2D eigenvalue weighted by Gasteiger charge is -2.03. The SMILES string of the molecule is CCCc1sc(NC(=O)c2ccc(Br)cc2)nc1-c1ccc(Cl)c(Cl)c1. The van der Waals surface area contributed by atoms with Gasteiger partial charge in [0.25, 0.3) is 5.91 Å². The van der Waals surface area contributed by atoms with Crippen LogP contribution in [0, 0.1) is 0 Å². The monoisotopic (exact) mass is 468 g/mol. The van der Waals surface area contributed by atoms with Crippen molar-refractivity contribution in [1.82, 2.24) is 4.98 Å². The van der Waals surface area contributed by atoms with Crippen molar-refractivity contribution in [2.45, 2.75) is 19.8 Å². The zero-order valence-corrected chi connectivity index (χ0v) is 17.8. The van der Waals surface area contributed by atoms with Gasteiger partial charge in [0.1, 0.15) is 0 Å². The first-order valence-electron chi connectivity index (χ1n) is 8.00. The molecule has 3 rings (SSSR count). The number of amides is 1. The summed E-state index contributed by atoms with van der Waals surface area (Å²) in [7, 11) is 0. The van der Waals surface area contributed by atoms with E-state index < -0.39 is 0 Å². The molecule has 0 aliphatic rings. The van der Waals surface area contributed by atoms with Gasteiger partial charge in [-0.25, -0.2) is 4.98 Å². The van der Waals surface area contributed by atoms with Crippen molar-refractivity contribution in [2.75, 3.05) is 5.32 Å². The third-order valence-corrected chi connectivity index (χ3v) is 5.99. The molecular weight excluding hydrogens is 455 g/mol. The molecule has 26 heavy (non-hydrogen) atoms. The molecule has 0 spiro atoms. The van der Waals surface area contributed by atoms with Gasteiger partial charge in [0.05, 0.1) is 15.7 Å². The molecule has 1 amide bonds. The fraction of sp³-hybridized carbons (Fsp3) is 0.158. The highest BCUT2D eigenvalue weighted by molar-refractivity contribution is 9.10. The average Bonchev–Trinajstić information content (AvgIpc) is 3.00. The zero-order chi connectivity index (χ0) is 18.7. The Bertz CT molecular complexity index is 941. The molecule has 2 aromatic carbocycles. The number of rotatable bonds is 5. The van der Waals surface area contributed by atoms with Gasteiger partial charge in [-0.15, -0.1) is 11.3 Å². The van der Waals surface area contributed by atoms with Crippen molar-refractivity contribution in [3.63, 3.8) is 0 Å². The molecule has 0 radical (unpaired) electrons. The van der Waals surface area contributed by atoms with E-state index in [1.807, 2.05) is 18.2 Å². The Labute approximate surface area is 174 Å². The Morgan fingerprint density at radius 3 is 2.54 bits per heavy atom. The Morgan fingerprint density at radius 2 is 1.88 bits per heavy atom. The van der Waals surface area contributed by atoms with E-state index >= 15 is 0 Å². The van der Waals surface area contributed by atoms with E-state index in [1.54, 1.807) is 24.3 Å². The number of thiazole rings is 1. The molecule has 0 bridgehead atoms. The highest BCUT2D eigenvalue weighted by atomic mass is 79.9. The number of aryl methyl sites for hydroxylation is 1. The Balaban J connectivity index is 1.90. The predicted octanol–water partition coefficient (Wildman–Crippen LogP) is 7.08. The van der Waals surface area contributed by atoms with Crippen LogP contribution in [0.3, 0.4) is 0 Å². The number of anilines is 1. The van der Waals surface area contributed by atoms with Crippen LogP contribution in [-0.2, 0) is 6.42 Å². The minimum Gasteiger partial charge on any atom is -0.298 e. The van der Waals surface area contributed by atoms with Crippen LogP contribution in [0.4, 0.5) is 5.13 Å². The van der Waals surface area contributed by atoms with E-state index in [2.05, 4.69) is 33.2 Å². The van der Waals surface area contributed by atoms with Gasteiger partial charge in [0.2, 0.25) is 0 Å². The summed E-state index contributed by atoms with van der Waals surface area (Å²) in [5.41, 5.74) is 2.31. The smallest absolute Gasteiger partial charge is 0.257 e. The molecule has 0 fully saturated rings. The normalized spacial score (nSPS) is 10.8. The number of carbonyl (C=O) groups is 1. The fourth-order valence-electron chi connectivity index (χ4n) is 2.44. The fourth-order valence-corrected chi connectivity index (χ4v) is 4.08. The average molecular weight is 470 g/mol. The molecule has 1 N–H and O–H groups in total. The van der Waals surface area contributed by atoms with Crippen LogP contribution in [0.15, 0.2) is 46.9 Å². The highest BCUT2D eigenvalue weighted by Crippen LogP contribution is 2.35. The summed E-state index contributed by atoms with van der Waals surface area (Å²) in [6.07, 6.45) is 1.86. The third-order valence-electron chi connectivity index (χ3n) is 3.69. The summed E-state index contributed by atoms with van der Waals surface area (Å²) in [5, 5.41) is 4.45. The second kappa shape index (κ2) is 8.53. The van der Waals surface area contributed by atoms with Crippen molar-refractivity contribution >= 4 is 61.5 Å². The maximum atomic E-state index is 12.4. The lowest BCUT2D eigenvalue weighted by molar-refractivity contribution is 0.102. The van der Waals surface area contributed by atoms with E-state index in [-0.39, 0.29) is 5.91 Å². The van der Waals surface area contributed by atoms with Crippen molar-refractivity contribution < 1.29 is 4.79 Å². The van der Waals surface area contributed by atoms with Crippen LogP contribution in [0.25, 0.3) is 11.3 Å². The van der Waals surface area contributed by atoms with Crippen molar-refractivity contribution in [3.8, 4) is 11.3 Å². The molecule has 0 saturated heterocycles. The van der Waals surface area contributed by atoms with E-state index in [0.717, 1.165) is 33.4 Å². The molecule has 3 aromatic rings. The molecular formula is C19H15BrCl2N2OS. The third kappa shape index (κ3) is 4.46. The number of carbonyl (C=O) groups excluding carboxylic acids is 1. The van der Waals surface area contributed by atoms with Crippen molar-refractivity contribution in [1.29, 1.82) is 0 Å². The van der Waals surface area contributed by atoms with Crippen molar-refractivity contribution in [3.05, 3.63) is 67.4 Å². The van der Waals surface area contributed by atoms with Gasteiger partial charge in [-0.05, 0) is 42.8 Å². The van der Waals surface area contributed by atoms with E-state index in [0.29, 0.717) is 20.7 Å². The van der Waals surface area contributed by atoms with Gasteiger partial charge in [0, 0.05) is 20.5 Å². The van der Waals surface area contributed by atoms with Gasteiger partial charge in [-0.2, -0.15) is 0 Å². The van der Waals surface area contributed by atoms with Gasteiger partial charge in [-0.3, -0.25) is 10.1 Å². The van der Waals surface area contributed by atoms with Gasteiger partial charge >= 0.3 is 0 Å². The van der Waals surface area contributed by atoms with Crippen LogP contribution in [0.1, 0.15) is 28.6 Å². The Kier molecular flexibility index (Phi) is 6.35. The standard InChI is InChI=1S/C19H15BrCl2N2OS/c1-2-3-16-17(12-6-9-14(21)15(22)10-12)23-19(26-16)24-18(25)11-4-7-13(20)8-5-11/h4-10H,2-3H2,1H3,(H,23,24,25). The van der Waals surface area contributed by atoms with E-state index in [9.17, 15) is 4.79 Å². The highest BCUT2D eigenvalue weighted by Gasteiger charge is 2.16. The summed E-state index contributed by atoms with van der Waals surface area (Å²) in [6.45, 7) is 2.11. The number of aromatic nitrogens is 1.